The molecule has 2 heterocycles. The molecule has 0 fully saturated rings. The highest BCUT2D eigenvalue weighted by Crippen LogP contribution is 2.07. The topological polar surface area (TPSA) is 58.6 Å². The van der Waals surface area contributed by atoms with Gasteiger partial charge in [-0.1, -0.05) is 13.8 Å². The van der Waals surface area contributed by atoms with Gasteiger partial charge in [-0.25, -0.2) is 9.97 Å². The molecule has 0 aliphatic heterocycles. The van der Waals surface area contributed by atoms with E-state index >= 15 is 0 Å². The molecule has 2 aromatic rings. The molecule has 0 radical (unpaired) electrons. The lowest BCUT2D eigenvalue weighted by Gasteiger charge is -1.86. The van der Waals surface area contributed by atoms with E-state index in [2.05, 4.69) is 15.0 Å². The number of Topliss-reactive ketones (excluding diaryl/α,β-unsaturated/α-hetero) is 1. The molecule has 80 valence electrons. The zero-order chi connectivity index (χ0) is 11.3. The Hall–Kier alpha value is -1.71. The van der Waals surface area contributed by atoms with Gasteiger partial charge >= 0.3 is 0 Å². The van der Waals surface area contributed by atoms with Gasteiger partial charge in [0.15, 0.2) is 5.65 Å². The summed E-state index contributed by atoms with van der Waals surface area (Å²) >= 11 is 0. The number of rotatable bonds is 2. The van der Waals surface area contributed by atoms with Crippen LogP contribution in [0.3, 0.4) is 0 Å². The van der Waals surface area contributed by atoms with E-state index in [1.54, 1.807) is 13.1 Å². The van der Waals surface area contributed by atoms with Crippen molar-refractivity contribution in [3.05, 3.63) is 24.2 Å². The highest BCUT2D eigenvalue weighted by Gasteiger charge is 2.04. The SMILES string of the molecule is CC.CC(=O)Cc1nc2ncccc2[nH]1. The summed E-state index contributed by atoms with van der Waals surface area (Å²) < 4.78 is 0. The number of H-pyrrole nitrogens is 1. The predicted octanol–water partition coefficient (Wildman–Crippen LogP) is 2.12. The molecule has 1 N–H and O–H groups in total. The van der Waals surface area contributed by atoms with Crippen LogP contribution in [0.5, 0.6) is 0 Å². The molecule has 0 bridgehead atoms. The number of carbonyl (C=O) groups excluding carboxylic acids is 1. The van der Waals surface area contributed by atoms with Gasteiger partial charge in [-0.3, -0.25) is 4.79 Å². The summed E-state index contributed by atoms with van der Waals surface area (Å²) in [7, 11) is 0. The molecule has 0 aliphatic rings. The lowest BCUT2D eigenvalue weighted by Crippen LogP contribution is -1.97. The number of aromatic nitrogens is 3. The van der Waals surface area contributed by atoms with Gasteiger partial charge in [-0.15, -0.1) is 0 Å². The molecule has 0 unspecified atom stereocenters. The van der Waals surface area contributed by atoms with Crippen LogP contribution in [0.1, 0.15) is 26.6 Å². The van der Waals surface area contributed by atoms with Crippen LogP contribution in [0.15, 0.2) is 18.3 Å². The van der Waals surface area contributed by atoms with E-state index in [-0.39, 0.29) is 5.78 Å². The second kappa shape index (κ2) is 5.24. The van der Waals surface area contributed by atoms with Crippen LogP contribution in [0.4, 0.5) is 0 Å². The maximum Gasteiger partial charge on any atom is 0.177 e. The van der Waals surface area contributed by atoms with Gasteiger partial charge < -0.3 is 4.98 Å². The first-order chi connectivity index (χ1) is 7.25. The van der Waals surface area contributed by atoms with E-state index in [4.69, 9.17) is 0 Å². The summed E-state index contributed by atoms with van der Waals surface area (Å²) in [4.78, 5) is 22.1. The van der Waals surface area contributed by atoms with Crippen LogP contribution < -0.4 is 0 Å². The van der Waals surface area contributed by atoms with Crippen molar-refractivity contribution in [3.8, 4) is 0 Å². The first-order valence-electron chi connectivity index (χ1n) is 5.05. The number of pyridine rings is 1. The van der Waals surface area contributed by atoms with Gasteiger partial charge in [0.05, 0.1) is 11.9 Å². The summed E-state index contributed by atoms with van der Waals surface area (Å²) in [6.45, 7) is 5.54. The molecule has 4 heteroatoms. The maximum atomic E-state index is 10.8. The first kappa shape index (κ1) is 11.4. The van der Waals surface area contributed by atoms with E-state index in [9.17, 15) is 4.79 Å². The van der Waals surface area contributed by atoms with Gasteiger partial charge in [0, 0.05) is 6.20 Å². The van der Waals surface area contributed by atoms with Crippen LogP contribution in [0.2, 0.25) is 0 Å². The van der Waals surface area contributed by atoms with Gasteiger partial charge in [-0.2, -0.15) is 0 Å². The minimum atomic E-state index is 0.0963. The normalized spacial score (nSPS) is 9.53. The zero-order valence-electron chi connectivity index (χ0n) is 9.24. The van der Waals surface area contributed by atoms with Crippen molar-refractivity contribution in [2.75, 3.05) is 0 Å². The highest BCUT2D eigenvalue weighted by atomic mass is 16.1. The van der Waals surface area contributed by atoms with Crippen LogP contribution >= 0.6 is 0 Å². The minimum absolute atomic E-state index is 0.0963. The number of aromatic amines is 1. The summed E-state index contributed by atoms with van der Waals surface area (Å²) in [5, 5.41) is 0. The van der Waals surface area contributed by atoms with Gasteiger partial charge in [0.25, 0.3) is 0 Å². The zero-order valence-corrected chi connectivity index (χ0v) is 9.24. The molecular weight excluding hydrogens is 190 g/mol. The number of nitrogens with one attached hydrogen (secondary N) is 1. The average molecular weight is 205 g/mol. The van der Waals surface area contributed by atoms with E-state index < -0.39 is 0 Å². The Kier molecular flexibility index (Phi) is 3.97. The standard InChI is InChI=1S/C9H9N3O.C2H6/c1-6(13)5-8-11-7-3-2-4-10-9(7)12-8;1-2/h2-4H,5H2,1H3,(H,10,11,12);1-2H3. The summed E-state index contributed by atoms with van der Waals surface area (Å²) in [6, 6.07) is 3.72. The van der Waals surface area contributed by atoms with E-state index in [1.807, 2.05) is 26.0 Å². The second-order valence-electron chi connectivity index (χ2n) is 2.94. The molecule has 15 heavy (non-hydrogen) atoms. The largest absolute Gasteiger partial charge is 0.340 e. The van der Waals surface area contributed by atoms with Crippen molar-refractivity contribution in [1.29, 1.82) is 0 Å². The van der Waals surface area contributed by atoms with Crippen molar-refractivity contribution in [2.24, 2.45) is 0 Å². The van der Waals surface area contributed by atoms with Gasteiger partial charge in [0.2, 0.25) is 0 Å². The molecule has 4 nitrogen and oxygen atoms in total. The molecule has 0 atom stereocenters. The Labute approximate surface area is 88.8 Å². The number of nitrogens with zero attached hydrogens (tertiary/aromatic N) is 2. The van der Waals surface area contributed by atoms with Gasteiger partial charge in [0.1, 0.15) is 11.6 Å². The lowest BCUT2D eigenvalue weighted by atomic mass is 10.3. The Morgan fingerprint density at radius 1 is 1.47 bits per heavy atom. The third kappa shape index (κ3) is 2.87. The Morgan fingerprint density at radius 3 is 2.80 bits per heavy atom. The summed E-state index contributed by atoms with van der Waals surface area (Å²) in [5.74, 6) is 0.778. The first-order valence-corrected chi connectivity index (χ1v) is 5.05. The van der Waals surface area contributed by atoms with Crippen molar-refractivity contribution in [1.82, 2.24) is 15.0 Å². The van der Waals surface area contributed by atoms with Crippen LogP contribution in [-0.4, -0.2) is 20.7 Å². The van der Waals surface area contributed by atoms with Crippen LogP contribution in [0.25, 0.3) is 11.2 Å². The lowest BCUT2D eigenvalue weighted by molar-refractivity contribution is -0.116. The number of imidazole rings is 1. The van der Waals surface area contributed by atoms with Crippen molar-refractivity contribution in [3.63, 3.8) is 0 Å². The van der Waals surface area contributed by atoms with E-state index in [0.29, 0.717) is 17.9 Å². The molecule has 0 aliphatic carbocycles. The van der Waals surface area contributed by atoms with E-state index in [1.165, 1.54) is 0 Å². The molecule has 2 aromatic heterocycles. The average Bonchev–Trinajstić information content (AvgIpc) is 2.61. The highest BCUT2D eigenvalue weighted by molar-refractivity contribution is 5.79. The molecule has 0 saturated heterocycles. The number of hydrogen-bond acceptors (Lipinski definition) is 3. The molecular formula is C11H15N3O. The Balaban J connectivity index is 0.000000531. The van der Waals surface area contributed by atoms with Crippen molar-refractivity contribution < 1.29 is 4.79 Å². The molecule has 0 saturated carbocycles. The number of hydrogen-bond donors (Lipinski definition) is 1. The van der Waals surface area contributed by atoms with Crippen molar-refractivity contribution in [2.45, 2.75) is 27.2 Å². The number of fused-ring (bicyclic) bond motifs is 1. The quantitative estimate of drug-likeness (QED) is 0.816. The Bertz CT molecular complexity index is 415. The predicted molar refractivity (Wildman–Crippen MR) is 59.6 cm³/mol. The summed E-state index contributed by atoms with van der Waals surface area (Å²) in [5.41, 5.74) is 1.54. The van der Waals surface area contributed by atoms with Gasteiger partial charge in [-0.05, 0) is 19.1 Å². The smallest absolute Gasteiger partial charge is 0.177 e. The molecule has 0 amide bonds. The number of carbonyl (C=O) groups is 1. The monoisotopic (exact) mass is 205 g/mol. The summed E-state index contributed by atoms with van der Waals surface area (Å²) in [6.07, 6.45) is 2.02. The Morgan fingerprint density at radius 2 is 2.20 bits per heavy atom. The second-order valence-corrected chi connectivity index (χ2v) is 2.94. The molecule has 2 rings (SSSR count). The van der Waals surface area contributed by atoms with Crippen molar-refractivity contribution >= 4 is 16.9 Å². The third-order valence-corrected chi connectivity index (χ3v) is 1.72. The fourth-order valence-electron chi connectivity index (χ4n) is 1.21. The molecule has 0 aromatic carbocycles. The third-order valence-electron chi connectivity index (χ3n) is 1.72. The fraction of sp³-hybridized carbons (Fsp3) is 0.364. The fourth-order valence-corrected chi connectivity index (χ4v) is 1.21. The van der Waals surface area contributed by atoms with Crippen LogP contribution in [-0.2, 0) is 11.2 Å². The minimum Gasteiger partial charge on any atom is -0.340 e. The van der Waals surface area contributed by atoms with Crippen LogP contribution in [0, 0.1) is 0 Å². The molecule has 0 spiro atoms. The van der Waals surface area contributed by atoms with E-state index in [0.717, 1.165) is 5.52 Å². The number of ketones is 1. The maximum absolute atomic E-state index is 10.8.